The number of amides is 1. The molecule has 23 heavy (non-hydrogen) atoms. The number of hydrogen-bond donors (Lipinski definition) is 0. The Labute approximate surface area is 137 Å². The highest BCUT2D eigenvalue weighted by Crippen LogP contribution is 2.19. The van der Waals surface area contributed by atoms with Crippen LogP contribution in [0.2, 0.25) is 0 Å². The van der Waals surface area contributed by atoms with Gasteiger partial charge in [-0.15, -0.1) is 0 Å². The Balaban J connectivity index is 1.40. The van der Waals surface area contributed by atoms with E-state index in [1.807, 2.05) is 41.3 Å². The summed E-state index contributed by atoms with van der Waals surface area (Å²) >= 11 is 0. The molecule has 1 aliphatic heterocycles. The molecule has 1 aliphatic rings. The smallest absolute Gasteiger partial charge is 0.223 e. The summed E-state index contributed by atoms with van der Waals surface area (Å²) in [5, 5.41) is 0. The molecule has 1 saturated heterocycles. The van der Waals surface area contributed by atoms with Gasteiger partial charge in [0.2, 0.25) is 5.91 Å². The summed E-state index contributed by atoms with van der Waals surface area (Å²) in [6.07, 6.45) is 1.54. The van der Waals surface area contributed by atoms with E-state index >= 15 is 0 Å². The van der Waals surface area contributed by atoms with Gasteiger partial charge in [-0.1, -0.05) is 60.7 Å². The van der Waals surface area contributed by atoms with Crippen molar-refractivity contribution in [1.29, 1.82) is 0 Å². The van der Waals surface area contributed by atoms with Crippen LogP contribution in [0.5, 0.6) is 0 Å². The first-order valence-electron chi connectivity index (χ1n) is 8.24. The van der Waals surface area contributed by atoms with Gasteiger partial charge < -0.3 is 9.64 Å². The van der Waals surface area contributed by atoms with Crippen molar-refractivity contribution >= 4 is 5.91 Å². The number of hydrogen-bond acceptors (Lipinski definition) is 2. The van der Waals surface area contributed by atoms with E-state index in [9.17, 15) is 4.79 Å². The molecule has 0 saturated carbocycles. The van der Waals surface area contributed by atoms with Gasteiger partial charge in [0.15, 0.2) is 0 Å². The third kappa shape index (κ3) is 4.67. The summed E-state index contributed by atoms with van der Waals surface area (Å²) in [5.74, 6) is 0.580. The van der Waals surface area contributed by atoms with Crippen molar-refractivity contribution in [2.24, 2.45) is 5.92 Å². The van der Waals surface area contributed by atoms with Crippen LogP contribution in [0.1, 0.15) is 17.5 Å². The molecular weight excluding hydrogens is 286 g/mol. The van der Waals surface area contributed by atoms with Crippen LogP contribution in [0.15, 0.2) is 60.7 Å². The molecule has 2 aromatic rings. The third-order valence-corrected chi connectivity index (χ3v) is 4.27. The minimum atomic E-state index is 0.259. The van der Waals surface area contributed by atoms with Crippen LogP contribution in [-0.2, 0) is 22.6 Å². The second kappa shape index (κ2) is 7.93. The average molecular weight is 309 g/mol. The molecule has 3 heteroatoms. The predicted molar refractivity (Wildman–Crippen MR) is 90.9 cm³/mol. The van der Waals surface area contributed by atoms with Crippen molar-refractivity contribution in [2.75, 3.05) is 19.7 Å². The van der Waals surface area contributed by atoms with Crippen LogP contribution in [-0.4, -0.2) is 30.5 Å². The van der Waals surface area contributed by atoms with Gasteiger partial charge >= 0.3 is 0 Å². The minimum absolute atomic E-state index is 0.259. The summed E-state index contributed by atoms with van der Waals surface area (Å²) in [6.45, 7) is 2.90. The number of ether oxygens (including phenoxy) is 1. The number of benzene rings is 2. The Morgan fingerprint density at radius 3 is 2.30 bits per heavy atom. The quantitative estimate of drug-likeness (QED) is 0.785. The Morgan fingerprint density at radius 2 is 1.61 bits per heavy atom. The lowest BCUT2D eigenvalue weighted by Crippen LogP contribution is -2.28. The summed E-state index contributed by atoms with van der Waals surface area (Å²) in [6, 6.07) is 20.5. The van der Waals surface area contributed by atoms with E-state index in [-0.39, 0.29) is 5.91 Å². The maximum absolute atomic E-state index is 12.1. The zero-order chi connectivity index (χ0) is 15.9. The predicted octanol–water partition coefficient (Wildman–Crippen LogP) is 3.29. The fourth-order valence-electron chi connectivity index (χ4n) is 3.01. The van der Waals surface area contributed by atoms with Gasteiger partial charge in [0.1, 0.15) is 0 Å². The molecule has 2 aromatic carbocycles. The monoisotopic (exact) mass is 309 g/mol. The lowest BCUT2D eigenvalue weighted by atomic mass is 10.1. The molecular formula is C20H23NO2. The number of carbonyl (C=O) groups excluding carboxylic acids is 1. The molecule has 3 rings (SSSR count). The molecule has 0 spiro atoms. The second-order valence-corrected chi connectivity index (χ2v) is 6.15. The molecule has 1 amide bonds. The molecule has 0 bridgehead atoms. The fraction of sp³-hybridized carbons (Fsp3) is 0.350. The molecule has 0 aliphatic carbocycles. The highest BCUT2D eigenvalue weighted by molar-refractivity contribution is 5.78. The molecule has 0 aromatic heterocycles. The molecule has 3 nitrogen and oxygen atoms in total. The molecule has 1 heterocycles. The van der Waals surface area contributed by atoms with Gasteiger partial charge in [0.25, 0.3) is 0 Å². The van der Waals surface area contributed by atoms with Crippen LogP contribution in [0.3, 0.4) is 0 Å². The SMILES string of the molecule is O=C1C[C@@H](COCc2ccccc2)CN1CCc1ccccc1. The van der Waals surface area contributed by atoms with E-state index in [0.29, 0.717) is 25.6 Å². The zero-order valence-electron chi connectivity index (χ0n) is 13.4. The number of likely N-dealkylation sites (tertiary alicyclic amines) is 1. The highest BCUT2D eigenvalue weighted by Gasteiger charge is 2.29. The van der Waals surface area contributed by atoms with E-state index in [2.05, 4.69) is 24.3 Å². The van der Waals surface area contributed by atoms with Crippen molar-refractivity contribution < 1.29 is 9.53 Å². The van der Waals surface area contributed by atoms with Gasteiger partial charge in [-0.3, -0.25) is 4.79 Å². The zero-order valence-corrected chi connectivity index (χ0v) is 13.4. The van der Waals surface area contributed by atoms with Crippen molar-refractivity contribution in [3.63, 3.8) is 0 Å². The first-order chi connectivity index (χ1) is 11.3. The minimum Gasteiger partial charge on any atom is -0.376 e. The van der Waals surface area contributed by atoms with Gasteiger partial charge in [-0.2, -0.15) is 0 Å². The number of rotatable bonds is 7. The van der Waals surface area contributed by atoms with Crippen LogP contribution < -0.4 is 0 Å². The summed E-state index contributed by atoms with van der Waals surface area (Å²) < 4.78 is 5.78. The van der Waals surface area contributed by atoms with Crippen LogP contribution >= 0.6 is 0 Å². The van der Waals surface area contributed by atoms with Crippen LogP contribution in [0.25, 0.3) is 0 Å². The fourth-order valence-corrected chi connectivity index (χ4v) is 3.01. The molecule has 0 N–H and O–H groups in total. The molecule has 1 atom stereocenters. The standard InChI is InChI=1S/C20H23NO2/c22-20-13-19(16-23-15-18-9-5-2-6-10-18)14-21(20)12-11-17-7-3-1-4-8-17/h1-10,19H,11-16H2/t19-/m1/s1. The van der Waals surface area contributed by atoms with Crippen LogP contribution in [0, 0.1) is 5.92 Å². The normalized spacial score (nSPS) is 17.7. The second-order valence-electron chi connectivity index (χ2n) is 6.15. The average Bonchev–Trinajstić information content (AvgIpc) is 2.95. The van der Waals surface area contributed by atoms with Crippen molar-refractivity contribution in [3.8, 4) is 0 Å². The van der Waals surface area contributed by atoms with Crippen molar-refractivity contribution in [1.82, 2.24) is 4.90 Å². The first-order valence-corrected chi connectivity index (χ1v) is 8.24. The number of nitrogens with zero attached hydrogens (tertiary/aromatic N) is 1. The lowest BCUT2D eigenvalue weighted by Gasteiger charge is -2.16. The maximum Gasteiger partial charge on any atom is 0.223 e. The van der Waals surface area contributed by atoms with Crippen molar-refractivity contribution in [2.45, 2.75) is 19.4 Å². The molecule has 1 fully saturated rings. The van der Waals surface area contributed by atoms with Gasteiger partial charge in [-0.25, -0.2) is 0 Å². The lowest BCUT2D eigenvalue weighted by molar-refractivity contribution is -0.127. The van der Waals surface area contributed by atoms with Gasteiger partial charge in [0, 0.05) is 25.4 Å². The van der Waals surface area contributed by atoms with E-state index in [1.54, 1.807) is 0 Å². The Kier molecular flexibility index (Phi) is 5.43. The van der Waals surface area contributed by atoms with Gasteiger partial charge in [0.05, 0.1) is 13.2 Å². The Bertz CT molecular complexity index is 612. The Hall–Kier alpha value is -2.13. The largest absolute Gasteiger partial charge is 0.376 e. The Morgan fingerprint density at radius 1 is 0.957 bits per heavy atom. The molecule has 120 valence electrons. The topological polar surface area (TPSA) is 29.5 Å². The summed E-state index contributed by atoms with van der Waals surface area (Å²) in [5.41, 5.74) is 2.46. The third-order valence-electron chi connectivity index (χ3n) is 4.27. The van der Waals surface area contributed by atoms with Crippen LogP contribution in [0.4, 0.5) is 0 Å². The summed E-state index contributed by atoms with van der Waals surface area (Å²) in [4.78, 5) is 14.1. The molecule has 0 radical (unpaired) electrons. The number of carbonyl (C=O) groups is 1. The molecule has 0 unspecified atom stereocenters. The van der Waals surface area contributed by atoms with E-state index in [1.165, 1.54) is 11.1 Å². The van der Waals surface area contributed by atoms with Crippen molar-refractivity contribution in [3.05, 3.63) is 71.8 Å². The van der Waals surface area contributed by atoms with Gasteiger partial charge in [-0.05, 0) is 17.5 Å². The summed E-state index contributed by atoms with van der Waals surface area (Å²) in [7, 11) is 0. The maximum atomic E-state index is 12.1. The highest BCUT2D eigenvalue weighted by atomic mass is 16.5. The first kappa shape index (κ1) is 15.8. The van der Waals surface area contributed by atoms with E-state index < -0.39 is 0 Å². The van der Waals surface area contributed by atoms with E-state index in [0.717, 1.165) is 19.5 Å². The van der Waals surface area contributed by atoms with E-state index in [4.69, 9.17) is 4.74 Å².